The Bertz CT molecular complexity index is 636. The van der Waals surface area contributed by atoms with E-state index in [-0.39, 0.29) is 16.9 Å². The molecule has 5 heteroatoms. The molecule has 0 bridgehead atoms. The molecule has 146 valence electrons. The maximum absolute atomic E-state index is 12.8. The van der Waals surface area contributed by atoms with Crippen LogP contribution in [0.4, 0.5) is 0 Å². The average Bonchev–Trinajstić information content (AvgIpc) is 3.03. The number of aromatic nitrogens is 1. The minimum Gasteiger partial charge on any atom is -0.360 e. The number of likely N-dealkylation sites (tertiary alicyclic amines) is 1. The highest BCUT2D eigenvalue weighted by Crippen LogP contribution is 2.38. The predicted molar refractivity (Wildman–Crippen MR) is 103 cm³/mol. The molecule has 26 heavy (non-hydrogen) atoms. The maximum Gasteiger partial charge on any atom is 0.273 e. The van der Waals surface area contributed by atoms with Crippen molar-refractivity contribution in [3.8, 4) is 0 Å². The third-order valence-corrected chi connectivity index (χ3v) is 6.37. The molecule has 1 aromatic heterocycles. The van der Waals surface area contributed by atoms with Crippen LogP contribution in [0.2, 0.25) is 0 Å². The van der Waals surface area contributed by atoms with Crippen LogP contribution < -0.4 is 5.32 Å². The number of rotatable bonds is 4. The molecule has 0 spiro atoms. The van der Waals surface area contributed by atoms with Crippen LogP contribution in [0.25, 0.3) is 0 Å². The van der Waals surface area contributed by atoms with Crippen molar-refractivity contribution < 1.29 is 9.32 Å². The van der Waals surface area contributed by atoms with Gasteiger partial charge in [0.25, 0.3) is 5.91 Å². The molecule has 1 aliphatic carbocycles. The number of hydrogen-bond acceptors (Lipinski definition) is 4. The van der Waals surface area contributed by atoms with Gasteiger partial charge in [-0.15, -0.1) is 0 Å². The van der Waals surface area contributed by atoms with Crippen LogP contribution in [-0.2, 0) is 12.8 Å². The van der Waals surface area contributed by atoms with Crippen LogP contribution in [-0.4, -0.2) is 41.1 Å². The normalized spacial score (nSPS) is 22.1. The lowest BCUT2D eigenvalue weighted by molar-refractivity contribution is 0.0791. The summed E-state index contributed by atoms with van der Waals surface area (Å²) < 4.78 is 5.50. The van der Waals surface area contributed by atoms with Gasteiger partial charge in [-0.1, -0.05) is 32.3 Å². The van der Waals surface area contributed by atoms with Crippen LogP contribution in [0, 0.1) is 11.3 Å². The van der Waals surface area contributed by atoms with E-state index in [9.17, 15) is 4.79 Å². The zero-order valence-electron chi connectivity index (χ0n) is 17.2. The molecule has 3 rings (SSSR count). The van der Waals surface area contributed by atoms with Gasteiger partial charge in [-0.3, -0.25) is 9.69 Å². The summed E-state index contributed by atoms with van der Waals surface area (Å²) >= 11 is 0. The first-order valence-corrected chi connectivity index (χ1v) is 10.2. The number of piperidine rings is 1. The van der Waals surface area contributed by atoms with E-state index < -0.39 is 0 Å². The monoisotopic (exact) mass is 361 g/mol. The van der Waals surface area contributed by atoms with Crippen LogP contribution in [0.5, 0.6) is 0 Å². The van der Waals surface area contributed by atoms with Crippen molar-refractivity contribution in [2.24, 2.45) is 11.3 Å². The van der Waals surface area contributed by atoms with E-state index in [1.165, 1.54) is 19.3 Å². The Balaban J connectivity index is 1.65. The lowest BCUT2D eigenvalue weighted by Crippen LogP contribution is -2.53. The largest absolute Gasteiger partial charge is 0.360 e. The van der Waals surface area contributed by atoms with E-state index in [2.05, 4.69) is 50.0 Å². The van der Waals surface area contributed by atoms with Crippen molar-refractivity contribution in [2.45, 2.75) is 78.7 Å². The molecule has 1 aromatic rings. The standard InChI is InChI=1S/C21H35N3O2/c1-20(2,3)15-9-10-17-16(13-15)18(23-26-17)19(25)22-14-21(4,5)24-11-7-6-8-12-24/h15H,6-14H2,1-5H3,(H,22,25). The quantitative estimate of drug-likeness (QED) is 0.886. The van der Waals surface area contributed by atoms with Gasteiger partial charge in [-0.25, -0.2) is 0 Å². The first kappa shape index (κ1) is 19.4. The van der Waals surface area contributed by atoms with E-state index >= 15 is 0 Å². The van der Waals surface area contributed by atoms with E-state index in [1.807, 2.05) is 0 Å². The lowest BCUT2D eigenvalue weighted by Gasteiger charge is -2.41. The van der Waals surface area contributed by atoms with Crippen molar-refractivity contribution >= 4 is 5.91 Å². The van der Waals surface area contributed by atoms with Crippen molar-refractivity contribution in [1.82, 2.24) is 15.4 Å². The number of hydrogen-bond donors (Lipinski definition) is 1. The molecule has 1 aliphatic heterocycles. The van der Waals surface area contributed by atoms with Gasteiger partial charge in [0, 0.05) is 24.1 Å². The summed E-state index contributed by atoms with van der Waals surface area (Å²) in [5.74, 6) is 1.38. The minimum absolute atomic E-state index is 0.0339. The molecule has 0 saturated carbocycles. The number of nitrogens with zero attached hydrogens (tertiary/aromatic N) is 2. The summed E-state index contributed by atoms with van der Waals surface area (Å²) in [6.07, 6.45) is 6.70. The molecular formula is C21H35N3O2. The molecule has 5 nitrogen and oxygen atoms in total. The van der Waals surface area contributed by atoms with Gasteiger partial charge in [0.2, 0.25) is 0 Å². The van der Waals surface area contributed by atoms with Crippen molar-refractivity contribution in [1.29, 1.82) is 0 Å². The number of carbonyl (C=O) groups excluding carboxylic acids is 1. The molecule has 0 aromatic carbocycles. The molecule has 2 heterocycles. The van der Waals surface area contributed by atoms with E-state index in [1.54, 1.807) is 0 Å². The maximum atomic E-state index is 12.8. The fourth-order valence-corrected chi connectivity index (χ4v) is 4.31. The molecule has 1 saturated heterocycles. The van der Waals surface area contributed by atoms with Crippen LogP contribution in [0.3, 0.4) is 0 Å². The summed E-state index contributed by atoms with van der Waals surface area (Å²) in [4.78, 5) is 15.3. The number of carbonyl (C=O) groups is 1. The van der Waals surface area contributed by atoms with Gasteiger partial charge < -0.3 is 9.84 Å². The molecule has 1 unspecified atom stereocenters. The number of nitrogens with one attached hydrogen (secondary N) is 1. The first-order valence-electron chi connectivity index (χ1n) is 10.2. The van der Waals surface area contributed by atoms with Crippen molar-refractivity contribution in [2.75, 3.05) is 19.6 Å². The van der Waals surface area contributed by atoms with Gasteiger partial charge in [-0.2, -0.15) is 0 Å². The summed E-state index contributed by atoms with van der Waals surface area (Å²) in [7, 11) is 0. The van der Waals surface area contributed by atoms with E-state index in [0.717, 1.165) is 43.7 Å². The highest BCUT2D eigenvalue weighted by molar-refractivity contribution is 5.93. The third kappa shape index (κ3) is 4.13. The average molecular weight is 362 g/mol. The SMILES string of the molecule is CC(C)(C)C1CCc2onc(C(=O)NCC(C)(C)N3CCCCC3)c2C1. The highest BCUT2D eigenvalue weighted by Gasteiger charge is 2.35. The number of aryl methyl sites for hydroxylation is 1. The second kappa shape index (κ2) is 7.34. The zero-order valence-corrected chi connectivity index (χ0v) is 17.2. The Hall–Kier alpha value is -1.36. The topological polar surface area (TPSA) is 58.4 Å². The van der Waals surface area contributed by atoms with Gasteiger partial charge in [-0.05, 0) is 64.0 Å². The van der Waals surface area contributed by atoms with E-state index in [4.69, 9.17) is 4.52 Å². The summed E-state index contributed by atoms with van der Waals surface area (Å²) in [5, 5.41) is 7.25. The predicted octanol–water partition coefficient (Wildman–Crippen LogP) is 3.82. The summed E-state index contributed by atoms with van der Waals surface area (Å²) in [6.45, 7) is 14.1. The Morgan fingerprint density at radius 1 is 1.19 bits per heavy atom. The highest BCUT2D eigenvalue weighted by atomic mass is 16.5. The zero-order chi connectivity index (χ0) is 18.9. The number of fused-ring (bicyclic) bond motifs is 1. The Morgan fingerprint density at radius 2 is 1.88 bits per heavy atom. The number of amides is 1. The van der Waals surface area contributed by atoms with E-state index in [0.29, 0.717) is 18.2 Å². The van der Waals surface area contributed by atoms with Crippen LogP contribution >= 0.6 is 0 Å². The van der Waals surface area contributed by atoms with Crippen LogP contribution in [0.15, 0.2) is 4.52 Å². The Kier molecular flexibility index (Phi) is 5.48. The Labute approximate surface area is 157 Å². The minimum atomic E-state index is -0.0883. The first-order chi connectivity index (χ1) is 12.2. The molecule has 1 amide bonds. The van der Waals surface area contributed by atoms with Gasteiger partial charge in [0.05, 0.1) is 0 Å². The molecule has 1 atom stereocenters. The lowest BCUT2D eigenvalue weighted by atomic mass is 9.71. The van der Waals surface area contributed by atoms with Crippen molar-refractivity contribution in [3.05, 3.63) is 17.0 Å². The van der Waals surface area contributed by atoms with Crippen LogP contribution in [0.1, 0.15) is 82.1 Å². The fraction of sp³-hybridized carbons (Fsp3) is 0.810. The van der Waals surface area contributed by atoms with Gasteiger partial charge >= 0.3 is 0 Å². The summed E-state index contributed by atoms with van der Waals surface area (Å²) in [5.41, 5.74) is 1.74. The third-order valence-electron chi connectivity index (χ3n) is 6.37. The molecular weight excluding hydrogens is 326 g/mol. The Morgan fingerprint density at radius 3 is 2.54 bits per heavy atom. The van der Waals surface area contributed by atoms with Crippen molar-refractivity contribution in [3.63, 3.8) is 0 Å². The second-order valence-corrected chi connectivity index (χ2v) is 9.78. The smallest absolute Gasteiger partial charge is 0.273 e. The molecule has 1 N–H and O–H groups in total. The fourth-order valence-electron chi connectivity index (χ4n) is 4.31. The molecule has 1 fully saturated rings. The molecule has 0 radical (unpaired) electrons. The van der Waals surface area contributed by atoms with Gasteiger partial charge in [0.1, 0.15) is 5.76 Å². The second-order valence-electron chi connectivity index (χ2n) is 9.78. The van der Waals surface area contributed by atoms with Gasteiger partial charge in [0.15, 0.2) is 5.69 Å². The molecule has 2 aliphatic rings. The summed E-state index contributed by atoms with van der Waals surface area (Å²) in [6, 6.07) is 0.